The molecule has 0 radical (unpaired) electrons. The summed E-state index contributed by atoms with van der Waals surface area (Å²) in [5, 5.41) is 2.97. The number of ether oxygens (including phenoxy) is 1. The number of anilines is 1. The van der Waals surface area contributed by atoms with E-state index in [2.05, 4.69) is 36.2 Å². The summed E-state index contributed by atoms with van der Waals surface area (Å²) < 4.78 is 5.78. The largest absolute Gasteiger partial charge is 0.457 e. The van der Waals surface area contributed by atoms with Gasteiger partial charge in [0.15, 0.2) is 0 Å². The van der Waals surface area contributed by atoms with Crippen LogP contribution in [-0.4, -0.2) is 23.4 Å². The highest BCUT2D eigenvalue weighted by Crippen LogP contribution is 2.22. The van der Waals surface area contributed by atoms with Gasteiger partial charge in [-0.25, -0.2) is 0 Å². The third kappa shape index (κ3) is 5.96. The van der Waals surface area contributed by atoms with Gasteiger partial charge in [-0.1, -0.05) is 48.5 Å². The fourth-order valence-corrected chi connectivity index (χ4v) is 2.85. The Labute approximate surface area is 166 Å². The number of nitrogens with one attached hydrogen (secondary N) is 1. The lowest BCUT2D eigenvalue weighted by atomic mass is 10.2. The van der Waals surface area contributed by atoms with E-state index in [0.29, 0.717) is 6.54 Å². The molecule has 0 saturated carbocycles. The third-order valence-electron chi connectivity index (χ3n) is 4.42. The molecule has 3 rings (SSSR count). The maximum atomic E-state index is 12.5. The maximum Gasteiger partial charge on any atom is 0.238 e. The topological polar surface area (TPSA) is 41.6 Å². The van der Waals surface area contributed by atoms with Gasteiger partial charge in [-0.2, -0.15) is 0 Å². The summed E-state index contributed by atoms with van der Waals surface area (Å²) in [7, 11) is 0. The molecule has 0 fully saturated rings. The fraction of sp³-hybridized carbons (Fsp3) is 0.208. The summed E-state index contributed by atoms with van der Waals surface area (Å²) in [5.74, 6) is 1.49. The molecule has 0 unspecified atom stereocenters. The van der Waals surface area contributed by atoms with Crippen molar-refractivity contribution in [3.05, 3.63) is 90.5 Å². The van der Waals surface area contributed by atoms with Crippen LogP contribution in [0.5, 0.6) is 11.5 Å². The van der Waals surface area contributed by atoms with Gasteiger partial charge in [0.25, 0.3) is 0 Å². The van der Waals surface area contributed by atoms with E-state index in [9.17, 15) is 4.79 Å². The molecule has 1 N–H and O–H groups in total. The molecule has 4 heteroatoms. The molecule has 4 nitrogen and oxygen atoms in total. The van der Waals surface area contributed by atoms with Gasteiger partial charge in [0.2, 0.25) is 5.91 Å². The van der Waals surface area contributed by atoms with E-state index in [4.69, 9.17) is 4.74 Å². The van der Waals surface area contributed by atoms with E-state index in [1.54, 1.807) is 0 Å². The highest BCUT2D eigenvalue weighted by Gasteiger charge is 2.14. The normalized spacial score (nSPS) is 10.9. The quantitative estimate of drug-likeness (QED) is 0.579. The van der Waals surface area contributed by atoms with Crippen molar-refractivity contribution in [3.8, 4) is 11.5 Å². The number of carbonyl (C=O) groups is 1. The maximum absolute atomic E-state index is 12.5. The van der Waals surface area contributed by atoms with E-state index in [1.807, 2.05) is 72.8 Å². The number of hydrogen-bond acceptors (Lipinski definition) is 3. The van der Waals surface area contributed by atoms with Crippen molar-refractivity contribution >= 4 is 11.6 Å². The number of carbonyl (C=O) groups excluding carboxylic acids is 1. The zero-order valence-corrected chi connectivity index (χ0v) is 16.3. The Hall–Kier alpha value is -3.11. The van der Waals surface area contributed by atoms with Crippen molar-refractivity contribution in [1.29, 1.82) is 0 Å². The first-order valence-electron chi connectivity index (χ1n) is 9.51. The van der Waals surface area contributed by atoms with Crippen LogP contribution in [0.3, 0.4) is 0 Å². The number of para-hydroxylation sites is 1. The lowest BCUT2D eigenvalue weighted by Crippen LogP contribution is -2.37. The predicted molar refractivity (Wildman–Crippen MR) is 114 cm³/mol. The fourth-order valence-electron chi connectivity index (χ4n) is 2.85. The molecule has 0 atom stereocenters. The van der Waals surface area contributed by atoms with Crippen LogP contribution in [-0.2, 0) is 11.3 Å². The van der Waals surface area contributed by atoms with Gasteiger partial charge in [-0.3, -0.25) is 9.69 Å². The van der Waals surface area contributed by atoms with Crippen molar-refractivity contribution in [3.63, 3.8) is 0 Å². The van der Waals surface area contributed by atoms with Gasteiger partial charge in [0, 0.05) is 18.3 Å². The lowest BCUT2D eigenvalue weighted by Gasteiger charge is -2.26. The molecule has 0 aliphatic rings. The van der Waals surface area contributed by atoms with E-state index >= 15 is 0 Å². The van der Waals surface area contributed by atoms with Gasteiger partial charge in [-0.15, -0.1) is 0 Å². The van der Waals surface area contributed by atoms with Gasteiger partial charge < -0.3 is 10.1 Å². The SMILES string of the molecule is CC(C)N(CC(=O)Nc1ccc(Oc2ccccc2)cc1)Cc1ccccc1. The molecule has 28 heavy (non-hydrogen) atoms. The Morgan fingerprint density at radius 3 is 2.04 bits per heavy atom. The van der Waals surface area contributed by atoms with Crippen LogP contribution in [0.4, 0.5) is 5.69 Å². The Bertz CT molecular complexity index is 862. The van der Waals surface area contributed by atoms with Crippen LogP contribution in [0.15, 0.2) is 84.9 Å². The second kappa shape index (κ2) is 9.72. The predicted octanol–water partition coefficient (Wildman–Crippen LogP) is 5.33. The minimum atomic E-state index is -0.0265. The van der Waals surface area contributed by atoms with Crippen LogP contribution in [0.2, 0.25) is 0 Å². The number of benzene rings is 3. The Morgan fingerprint density at radius 1 is 0.857 bits per heavy atom. The van der Waals surface area contributed by atoms with Crippen molar-refractivity contribution in [2.75, 3.05) is 11.9 Å². The lowest BCUT2D eigenvalue weighted by molar-refractivity contribution is -0.117. The highest BCUT2D eigenvalue weighted by atomic mass is 16.5. The number of nitrogens with zero attached hydrogens (tertiary/aromatic N) is 1. The standard InChI is InChI=1S/C24H26N2O2/c1-19(2)26(17-20-9-5-3-6-10-20)18-24(27)25-21-13-15-23(16-14-21)28-22-11-7-4-8-12-22/h3-16,19H,17-18H2,1-2H3,(H,25,27). The summed E-state index contributed by atoms with van der Waals surface area (Å²) >= 11 is 0. The minimum absolute atomic E-state index is 0.0265. The summed E-state index contributed by atoms with van der Waals surface area (Å²) in [5.41, 5.74) is 1.96. The Kier molecular flexibility index (Phi) is 6.82. The molecule has 1 amide bonds. The first kappa shape index (κ1) is 19.6. The smallest absolute Gasteiger partial charge is 0.238 e. The molecule has 0 aromatic heterocycles. The second-order valence-electron chi connectivity index (χ2n) is 6.97. The van der Waals surface area contributed by atoms with Crippen molar-refractivity contribution in [2.24, 2.45) is 0 Å². The highest BCUT2D eigenvalue weighted by molar-refractivity contribution is 5.92. The number of rotatable bonds is 8. The molecule has 144 valence electrons. The minimum Gasteiger partial charge on any atom is -0.457 e. The zero-order valence-electron chi connectivity index (χ0n) is 16.3. The Balaban J connectivity index is 1.55. The number of hydrogen-bond donors (Lipinski definition) is 1. The van der Waals surface area contributed by atoms with E-state index in [0.717, 1.165) is 23.7 Å². The molecule has 0 spiro atoms. The summed E-state index contributed by atoms with van der Waals surface area (Å²) in [6.07, 6.45) is 0. The van der Waals surface area contributed by atoms with E-state index < -0.39 is 0 Å². The Morgan fingerprint density at radius 2 is 1.43 bits per heavy atom. The molecule has 0 aliphatic heterocycles. The molecule has 3 aromatic carbocycles. The molecule has 0 heterocycles. The molecule has 0 saturated heterocycles. The van der Waals surface area contributed by atoms with Crippen molar-refractivity contribution in [2.45, 2.75) is 26.4 Å². The average Bonchev–Trinajstić information content (AvgIpc) is 2.70. The molecule has 3 aromatic rings. The summed E-state index contributed by atoms with van der Waals surface area (Å²) in [6.45, 7) is 5.29. The van der Waals surface area contributed by atoms with Crippen LogP contribution in [0.25, 0.3) is 0 Å². The van der Waals surface area contributed by atoms with Crippen molar-refractivity contribution < 1.29 is 9.53 Å². The third-order valence-corrected chi connectivity index (χ3v) is 4.42. The average molecular weight is 374 g/mol. The van der Waals surface area contributed by atoms with Crippen molar-refractivity contribution in [1.82, 2.24) is 4.90 Å². The first-order chi connectivity index (χ1) is 13.6. The van der Waals surface area contributed by atoms with Crippen LogP contribution in [0.1, 0.15) is 19.4 Å². The van der Waals surface area contributed by atoms with E-state index in [-0.39, 0.29) is 11.9 Å². The van der Waals surface area contributed by atoms with Gasteiger partial charge in [0.1, 0.15) is 11.5 Å². The zero-order chi connectivity index (χ0) is 19.8. The summed E-state index contributed by atoms with van der Waals surface area (Å²) in [4.78, 5) is 14.7. The molecular formula is C24H26N2O2. The summed E-state index contributed by atoms with van der Waals surface area (Å²) in [6, 6.07) is 27.5. The van der Waals surface area contributed by atoms with Gasteiger partial charge in [0.05, 0.1) is 6.54 Å². The van der Waals surface area contributed by atoms with Gasteiger partial charge >= 0.3 is 0 Å². The van der Waals surface area contributed by atoms with E-state index in [1.165, 1.54) is 5.56 Å². The second-order valence-corrected chi connectivity index (χ2v) is 6.97. The van der Waals surface area contributed by atoms with Crippen LogP contribution < -0.4 is 10.1 Å². The van der Waals surface area contributed by atoms with Gasteiger partial charge in [-0.05, 0) is 55.8 Å². The number of amides is 1. The first-order valence-corrected chi connectivity index (χ1v) is 9.51. The molecule has 0 aliphatic carbocycles. The van der Waals surface area contributed by atoms with Crippen LogP contribution >= 0.6 is 0 Å². The molecular weight excluding hydrogens is 348 g/mol. The monoisotopic (exact) mass is 374 g/mol. The molecule has 0 bridgehead atoms. The van der Waals surface area contributed by atoms with Crippen LogP contribution in [0, 0.1) is 0 Å².